The normalized spacial score (nSPS) is 10.2. The fourth-order valence-corrected chi connectivity index (χ4v) is 1.90. The Morgan fingerprint density at radius 1 is 1.22 bits per heavy atom. The number of H-pyrrole nitrogens is 1. The third kappa shape index (κ3) is 2.17. The maximum atomic E-state index is 11.3. The number of halogens is 1. The Morgan fingerprint density at radius 2 is 2.00 bits per heavy atom. The quantitative estimate of drug-likeness (QED) is 0.924. The van der Waals surface area contributed by atoms with Crippen molar-refractivity contribution in [2.24, 2.45) is 0 Å². The summed E-state index contributed by atoms with van der Waals surface area (Å²) in [6.07, 6.45) is 1.42. The van der Waals surface area contributed by atoms with Crippen LogP contribution >= 0.6 is 11.6 Å². The van der Waals surface area contributed by atoms with Crippen molar-refractivity contribution in [3.05, 3.63) is 39.8 Å². The average Bonchev–Trinajstić information content (AvgIpc) is 2.38. The van der Waals surface area contributed by atoms with Gasteiger partial charge in [0.25, 0.3) is 5.56 Å². The first-order valence-electron chi connectivity index (χ1n) is 5.13. The predicted molar refractivity (Wildman–Crippen MR) is 68.4 cm³/mol. The van der Waals surface area contributed by atoms with E-state index < -0.39 is 0 Å². The van der Waals surface area contributed by atoms with Gasteiger partial charge in [-0.3, -0.25) is 4.79 Å². The molecule has 2 aromatic rings. The highest BCUT2D eigenvalue weighted by Gasteiger charge is 2.15. The van der Waals surface area contributed by atoms with E-state index in [4.69, 9.17) is 21.1 Å². The van der Waals surface area contributed by atoms with Gasteiger partial charge in [0.2, 0.25) is 0 Å². The number of benzene rings is 1. The lowest BCUT2D eigenvalue weighted by Gasteiger charge is -2.12. The molecule has 0 aliphatic heterocycles. The Kier molecular flexibility index (Phi) is 3.53. The van der Waals surface area contributed by atoms with Crippen molar-refractivity contribution in [3.63, 3.8) is 0 Å². The number of methoxy groups -OCH3 is 2. The minimum atomic E-state index is -0.245. The fraction of sp³-hybridized carbons (Fsp3) is 0.167. The van der Waals surface area contributed by atoms with Crippen LogP contribution in [-0.4, -0.2) is 24.2 Å². The smallest absolute Gasteiger partial charge is 0.251 e. The second-order valence-corrected chi connectivity index (χ2v) is 3.82. The molecule has 2 rings (SSSR count). The van der Waals surface area contributed by atoms with E-state index in [1.54, 1.807) is 12.1 Å². The van der Waals surface area contributed by atoms with Crippen molar-refractivity contribution in [1.29, 1.82) is 0 Å². The number of hydrogen-bond donors (Lipinski definition) is 1. The van der Waals surface area contributed by atoms with Gasteiger partial charge in [-0.15, -0.1) is 0 Å². The number of aromatic nitrogens is 2. The number of nitrogens with one attached hydrogen (secondary N) is 1. The molecule has 0 radical (unpaired) electrons. The largest absolute Gasteiger partial charge is 0.493 e. The zero-order valence-corrected chi connectivity index (χ0v) is 10.6. The molecule has 5 nitrogen and oxygen atoms in total. The molecule has 0 unspecified atom stereocenters. The van der Waals surface area contributed by atoms with Crippen LogP contribution < -0.4 is 15.0 Å². The van der Waals surface area contributed by atoms with Gasteiger partial charge < -0.3 is 14.5 Å². The molecule has 0 atom stereocenters. The van der Waals surface area contributed by atoms with Crippen LogP contribution in [0.1, 0.15) is 0 Å². The molecular formula is C12H11ClN2O3. The van der Waals surface area contributed by atoms with E-state index in [-0.39, 0.29) is 5.56 Å². The first-order chi connectivity index (χ1) is 8.67. The minimum Gasteiger partial charge on any atom is -0.493 e. The molecule has 0 aliphatic carbocycles. The number of rotatable bonds is 3. The van der Waals surface area contributed by atoms with Crippen LogP contribution in [0, 0.1) is 0 Å². The second kappa shape index (κ2) is 5.10. The zero-order chi connectivity index (χ0) is 13.1. The van der Waals surface area contributed by atoms with Gasteiger partial charge in [0.15, 0.2) is 11.5 Å². The summed E-state index contributed by atoms with van der Waals surface area (Å²) >= 11 is 6.21. The maximum Gasteiger partial charge on any atom is 0.251 e. The van der Waals surface area contributed by atoms with Gasteiger partial charge in [-0.05, 0) is 12.1 Å². The summed E-state index contributed by atoms with van der Waals surface area (Å²) in [7, 11) is 3.02. The summed E-state index contributed by atoms with van der Waals surface area (Å²) in [5.74, 6) is 1.31. The van der Waals surface area contributed by atoms with Gasteiger partial charge in [-0.25, -0.2) is 4.98 Å². The van der Waals surface area contributed by atoms with E-state index in [2.05, 4.69) is 9.97 Å². The van der Waals surface area contributed by atoms with Crippen LogP contribution in [0.25, 0.3) is 11.4 Å². The Bertz CT molecular complexity index is 625. The van der Waals surface area contributed by atoms with Crippen LogP contribution in [0.3, 0.4) is 0 Å². The van der Waals surface area contributed by atoms with Gasteiger partial charge in [-0.1, -0.05) is 11.6 Å². The Balaban J connectivity index is 2.63. The molecule has 0 bridgehead atoms. The summed E-state index contributed by atoms with van der Waals surface area (Å²) in [4.78, 5) is 17.9. The molecular weight excluding hydrogens is 256 g/mol. The summed E-state index contributed by atoms with van der Waals surface area (Å²) in [6.45, 7) is 0. The van der Waals surface area contributed by atoms with Crippen molar-refractivity contribution in [2.45, 2.75) is 0 Å². The standard InChI is InChI=1S/C12H11ClN2O3/c1-17-8-4-3-7(10(13)11(8)18-2)12-14-6-5-9(16)15-12/h3-6H,1-2H3,(H,14,15,16). The van der Waals surface area contributed by atoms with Crippen molar-refractivity contribution < 1.29 is 9.47 Å². The number of ether oxygens (including phenoxy) is 2. The van der Waals surface area contributed by atoms with E-state index in [1.807, 2.05) is 0 Å². The van der Waals surface area contributed by atoms with Crippen LogP contribution in [0.5, 0.6) is 11.5 Å². The van der Waals surface area contributed by atoms with Gasteiger partial charge >= 0.3 is 0 Å². The van der Waals surface area contributed by atoms with Crippen LogP contribution in [-0.2, 0) is 0 Å². The molecule has 0 spiro atoms. The summed E-state index contributed by atoms with van der Waals surface area (Å²) in [5, 5.41) is 0.339. The predicted octanol–water partition coefficient (Wildman–Crippen LogP) is 2.11. The lowest BCUT2D eigenvalue weighted by molar-refractivity contribution is 0.355. The third-order valence-corrected chi connectivity index (χ3v) is 2.79. The van der Waals surface area contributed by atoms with E-state index in [1.165, 1.54) is 26.5 Å². The van der Waals surface area contributed by atoms with E-state index in [0.29, 0.717) is 27.9 Å². The Morgan fingerprint density at radius 3 is 2.61 bits per heavy atom. The van der Waals surface area contributed by atoms with Gasteiger partial charge in [0, 0.05) is 17.8 Å². The van der Waals surface area contributed by atoms with Gasteiger partial charge in [-0.2, -0.15) is 0 Å². The Labute approximate surface area is 108 Å². The van der Waals surface area contributed by atoms with E-state index in [0.717, 1.165) is 0 Å². The highest BCUT2D eigenvalue weighted by Crippen LogP contribution is 2.40. The minimum absolute atomic E-state index is 0.245. The van der Waals surface area contributed by atoms with Gasteiger partial charge in [0.05, 0.1) is 19.2 Å². The maximum absolute atomic E-state index is 11.3. The molecule has 0 amide bonds. The van der Waals surface area contributed by atoms with Crippen LogP contribution in [0.2, 0.25) is 5.02 Å². The molecule has 94 valence electrons. The zero-order valence-electron chi connectivity index (χ0n) is 9.86. The average molecular weight is 267 g/mol. The molecule has 1 heterocycles. The highest BCUT2D eigenvalue weighted by atomic mass is 35.5. The monoisotopic (exact) mass is 266 g/mol. The second-order valence-electron chi connectivity index (χ2n) is 3.45. The first kappa shape index (κ1) is 12.4. The third-order valence-electron chi connectivity index (χ3n) is 2.41. The molecule has 0 aliphatic rings. The Hall–Kier alpha value is -2.01. The van der Waals surface area contributed by atoms with Crippen LogP contribution in [0.4, 0.5) is 0 Å². The van der Waals surface area contributed by atoms with E-state index >= 15 is 0 Å². The fourth-order valence-electron chi connectivity index (χ4n) is 1.58. The van der Waals surface area contributed by atoms with Crippen molar-refractivity contribution in [3.8, 4) is 22.9 Å². The molecule has 6 heteroatoms. The van der Waals surface area contributed by atoms with Crippen LogP contribution in [0.15, 0.2) is 29.2 Å². The number of nitrogens with zero attached hydrogens (tertiary/aromatic N) is 1. The molecule has 0 saturated carbocycles. The molecule has 1 N–H and O–H groups in total. The summed E-state index contributed by atoms with van der Waals surface area (Å²) in [5.41, 5.74) is 0.331. The van der Waals surface area contributed by atoms with Crippen molar-refractivity contribution in [2.75, 3.05) is 14.2 Å². The summed E-state index contributed by atoms with van der Waals surface area (Å²) < 4.78 is 10.3. The van der Waals surface area contributed by atoms with Gasteiger partial charge in [0.1, 0.15) is 5.82 Å². The van der Waals surface area contributed by atoms with Crippen molar-refractivity contribution >= 4 is 11.6 Å². The first-order valence-corrected chi connectivity index (χ1v) is 5.51. The highest BCUT2D eigenvalue weighted by molar-refractivity contribution is 6.35. The molecule has 18 heavy (non-hydrogen) atoms. The van der Waals surface area contributed by atoms with E-state index in [9.17, 15) is 4.79 Å². The molecule has 0 saturated heterocycles. The topological polar surface area (TPSA) is 64.2 Å². The van der Waals surface area contributed by atoms with Crippen molar-refractivity contribution in [1.82, 2.24) is 9.97 Å². The SMILES string of the molecule is COc1ccc(-c2nccc(=O)[nH]2)c(Cl)c1OC. The molecule has 0 fully saturated rings. The molecule has 1 aromatic heterocycles. The summed E-state index contributed by atoms with van der Waals surface area (Å²) in [6, 6.07) is 4.74. The number of aromatic amines is 1. The lowest BCUT2D eigenvalue weighted by atomic mass is 10.2. The molecule has 1 aromatic carbocycles. The number of hydrogen-bond acceptors (Lipinski definition) is 4. The lowest BCUT2D eigenvalue weighted by Crippen LogP contribution is -2.06.